The van der Waals surface area contributed by atoms with Gasteiger partial charge in [0.05, 0.1) is 5.56 Å². The first kappa shape index (κ1) is 14.0. The minimum Gasteiger partial charge on any atom is -0.402 e. The highest BCUT2D eigenvalue weighted by molar-refractivity contribution is 6.30. The molecule has 0 N–H and O–H groups in total. The van der Waals surface area contributed by atoms with Gasteiger partial charge in [0.1, 0.15) is 11.6 Å². The lowest BCUT2D eigenvalue weighted by molar-refractivity contribution is 0.0726. The van der Waals surface area contributed by atoms with Crippen LogP contribution in [-0.4, -0.2) is 11.0 Å². The normalized spacial score (nSPS) is 9.90. The Labute approximate surface area is 121 Å². The van der Waals surface area contributed by atoms with Crippen molar-refractivity contribution in [1.29, 1.82) is 5.26 Å². The summed E-state index contributed by atoms with van der Waals surface area (Å²) in [5, 5.41) is 9.64. The molecule has 0 saturated heterocycles. The quantitative estimate of drug-likeness (QED) is 0.793. The van der Waals surface area contributed by atoms with E-state index in [0.717, 1.165) is 5.56 Å². The number of nitriles is 1. The lowest BCUT2D eigenvalue weighted by Crippen LogP contribution is -2.11. The maximum Gasteiger partial charge on any atom is 0.344 e. The Morgan fingerprint density at radius 1 is 1.30 bits per heavy atom. The number of hydrogen-bond acceptors (Lipinski definition) is 4. The number of hydrogen-bond donors (Lipinski definition) is 0. The zero-order chi connectivity index (χ0) is 14.7. The summed E-state index contributed by atoms with van der Waals surface area (Å²) >= 11 is 5.76. The molecule has 0 aliphatic heterocycles. The monoisotopic (exact) mass is 286 g/mol. The van der Waals surface area contributed by atoms with Crippen LogP contribution in [0.5, 0.6) is 5.88 Å². The van der Waals surface area contributed by atoms with E-state index >= 15 is 0 Å². The van der Waals surface area contributed by atoms with Crippen molar-refractivity contribution in [1.82, 2.24) is 4.98 Å². The Kier molecular flexibility index (Phi) is 4.02. The molecule has 1 heterocycles. The van der Waals surface area contributed by atoms with Crippen molar-refractivity contribution in [3.63, 3.8) is 0 Å². The molecule has 0 atom stereocenters. The third kappa shape index (κ3) is 2.95. The summed E-state index contributed by atoms with van der Waals surface area (Å²) < 4.78 is 5.21. The number of aryl methyl sites for hydroxylation is 2. The van der Waals surface area contributed by atoms with Gasteiger partial charge in [-0.1, -0.05) is 11.6 Å². The van der Waals surface area contributed by atoms with Gasteiger partial charge in [-0.05, 0) is 49.7 Å². The number of halogens is 1. The highest BCUT2D eigenvalue weighted by Gasteiger charge is 2.15. The molecule has 0 aliphatic rings. The molecule has 2 rings (SSSR count). The molecule has 2 aromatic rings. The van der Waals surface area contributed by atoms with Gasteiger partial charge in [-0.2, -0.15) is 5.26 Å². The van der Waals surface area contributed by atoms with Crippen molar-refractivity contribution in [2.45, 2.75) is 13.8 Å². The molecule has 100 valence electrons. The van der Waals surface area contributed by atoms with E-state index in [4.69, 9.17) is 21.6 Å². The van der Waals surface area contributed by atoms with Gasteiger partial charge in [0.15, 0.2) is 0 Å². The number of nitrogens with zero attached hydrogens (tertiary/aromatic N) is 2. The molecule has 0 unspecified atom stereocenters. The number of benzene rings is 1. The van der Waals surface area contributed by atoms with Gasteiger partial charge in [-0.15, -0.1) is 0 Å². The number of carbonyl (C=O) groups is 1. The molecule has 1 aromatic heterocycles. The van der Waals surface area contributed by atoms with Gasteiger partial charge < -0.3 is 4.74 Å². The zero-order valence-electron chi connectivity index (χ0n) is 11.0. The van der Waals surface area contributed by atoms with E-state index in [1.54, 1.807) is 44.2 Å². The minimum absolute atomic E-state index is 0.0324. The first-order valence-corrected chi connectivity index (χ1v) is 6.25. The molecule has 0 spiro atoms. The van der Waals surface area contributed by atoms with Crippen LogP contribution in [0.25, 0.3) is 0 Å². The van der Waals surface area contributed by atoms with Crippen molar-refractivity contribution < 1.29 is 9.53 Å². The predicted octanol–water partition coefficient (Wildman–Crippen LogP) is 3.44. The molecular weight excluding hydrogens is 276 g/mol. The van der Waals surface area contributed by atoms with Crippen molar-refractivity contribution in [2.24, 2.45) is 0 Å². The van der Waals surface area contributed by atoms with Crippen molar-refractivity contribution >= 4 is 17.6 Å². The molecule has 0 saturated carbocycles. The van der Waals surface area contributed by atoms with Crippen LogP contribution in [-0.2, 0) is 0 Å². The summed E-state index contributed by atoms with van der Waals surface area (Å²) in [6.45, 7) is 3.54. The molecule has 4 nitrogen and oxygen atoms in total. The van der Waals surface area contributed by atoms with Gasteiger partial charge in [-0.3, -0.25) is 0 Å². The Morgan fingerprint density at radius 3 is 2.55 bits per heavy atom. The van der Waals surface area contributed by atoms with Crippen LogP contribution < -0.4 is 4.74 Å². The molecule has 0 amide bonds. The van der Waals surface area contributed by atoms with Crippen LogP contribution in [0.1, 0.15) is 27.2 Å². The second-order valence-corrected chi connectivity index (χ2v) is 4.71. The predicted molar refractivity (Wildman–Crippen MR) is 74.8 cm³/mol. The van der Waals surface area contributed by atoms with Crippen LogP contribution >= 0.6 is 11.6 Å². The summed E-state index contributed by atoms with van der Waals surface area (Å²) in [6.07, 6.45) is 0. The SMILES string of the molecule is Cc1cc(C)c(C#N)c(OC(=O)c2ccc(Cl)cc2)n1. The molecule has 0 fully saturated rings. The van der Waals surface area contributed by atoms with Crippen molar-refractivity contribution in [2.75, 3.05) is 0 Å². The van der Waals surface area contributed by atoms with Gasteiger partial charge >= 0.3 is 5.97 Å². The fourth-order valence-corrected chi connectivity index (χ4v) is 1.87. The van der Waals surface area contributed by atoms with Crippen LogP contribution in [0.15, 0.2) is 30.3 Å². The van der Waals surface area contributed by atoms with Gasteiger partial charge in [-0.25, -0.2) is 9.78 Å². The van der Waals surface area contributed by atoms with E-state index in [0.29, 0.717) is 16.3 Å². The van der Waals surface area contributed by atoms with Gasteiger partial charge in [0.25, 0.3) is 0 Å². The van der Waals surface area contributed by atoms with E-state index in [9.17, 15) is 4.79 Å². The first-order valence-electron chi connectivity index (χ1n) is 5.87. The lowest BCUT2D eigenvalue weighted by atomic mass is 10.1. The summed E-state index contributed by atoms with van der Waals surface area (Å²) in [5.74, 6) is -0.541. The smallest absolute Gasteiger partial charge is 0.344 e. The van der Waals surface area contributed by atoms with E-state index in [-0.39, 0.29) is 11.4 Å². The number of carbonyl (C=O) groups excluding carboxylic acids is 1. The van der Waals surface area contributed by atoms with E-state index in [1.807, 2.05) is 6.07 Å². The Morgan fingerprint density at radius 2 is 1.95 bits per heavy atom. The summed E-state index contributed by atoms with van der Waals surface area (Å²) in [4.78, 5) is 16.1. The van der Waals surface area contributed by atoms with Crippen molar-refractivity contribution in [3.8, 4) is 11.9 Å². The lowest BCUT2D eigenvalue weighted by Gasteiger charge is -2.08. The highest BCUT2D eigenvalue weighted by atomic mass is 35.5. The maximum absolute atomic E-state index is 12.0. The van der Waals surface area contributed by atoms with E-state index in [2.05, 4.69) is 4.98 Å². The molecule has 0 bridgehead atoms. The number of ether oxygens (including phenoxy) is 1. The number of esters is 1. The Hall–Kier alpha value is -2.38. The largest absolute Gasteiger partial charge is 0.402 e. The standard InChI is InChI=1S/C15H11ClN2O2/c1-9-7-10(2)18-14(13(9)8-17)20-15(19)11-3-5-12(16)6-4-11/h3-7H,1-2H3. The van der Waals surface area contributed by atoms with Gasteiger partial charge in [0.2, 0.25) is 5.88 Å². The summed E-state index contributed by atoms with van der Waals surface area (Å²) in [5.41, 5.74) is 2.01. The van der Waals surface area contributed by atoms with Crippen LogP contribution in [0.3, 0.4) is 0 Å². The van der Waals surface area contributed by atoms with Crippen LogP contribution in [0, 0.1) is 25.2 Å². The van der Waals surface area contributed by atoms with Gasteiger partial charge in [0, 0.05) is 10.7 Å². The highest BCUT2D eigenvalue weighted by Crippen LogP contribution is 2.21. The minimum atomic E-state index is -0.573. The zero-order valence-corrected chi connectivity index (χ0v) is 11.7. The van der Waals surface area contributed by atoms with Crippen LogP contribution in [0.2, 0.25) is 5.02 Å². The first-order chi connectivity index (χ1) is 9.51. The molecule has 1 aromatic carbocycles. The second-order valence-electron chi connectivity index (χ2n) is 4.27. The molecule has 20 heavy (non-hydrogen) atoms. The van der Waals surface area contributed by atoms with Crippen LogP contribution in [0.4, 0.5) is 0 Å². The average Bonchev–Trinajstić information content (AvgIpc) is 2.39. The molecule has 0 radical (unpaired) electrons. The third-order valence-corrected chi connectivity index (χ3v) is 2.94. The molecule has 5 heteroatoms. The summed E-state index contributed by atoms with van der Waals surface area (Å²) in [6, 6.07) is 10.1. The molecule has 0 aliphatic carbocycles. The second kappa shape index (κ2) is 5.72. The average molecular weight is 287 g/mol. The molecular formula is C15H11ClN2O2. The Bertz CT molecular complexity index is 703. The fraction of sp³-hybridized carbons (Fsp3) is 0.133. The number of pyridine rings is 1. The topological polar surface area (TPSA) is 63.0 Å². The van der Waals surface area contributed by atoms with E-state index < -0.39 is 5.97 Å². The summed E-state index contributed by atoms with van der Waals surface area (Å²) in [7, 11) is 0. The van der Waals surface area contributed by atoms with Crippen molar-refractivity contribution in [3.05, 3.63) is 57.7 Å². The Balaban J connectivity index is 2.33. The number of rotatable bonds is 2. The number of aromatic nitrogens is 1. The third-order valence-electron chi connectivity index (χ3n) is 2.69. The van der Waals surface area contributed by atoms with E-state index in [1.165, 1.54) is 0 Å². The fourth-order valence-electron chi connectivity index (χ4n) is 1.75. The maximum atomic E-state index is 12.0.